The third kappa shape index (κ3) is 2.63. The first kappa shape index (κ1) is 14.1. The van der Waals surface area contributed by atoms with Crippen LogP contribution in [0.2, 0.25) is 0 Å². The highest BCUT2D eigenvalue weighted by molar-refractivity contribution is 6.02. The van der Waals surface area contributed by atoms with Gasteiger partial charge in [-0.2, -0.15) is 0 Å². The van der Waals surface area contributed by atoms with E-state index < -0.39 is 5.97 Å². The van der Waals surface area contributed by atoms with Gasteiger partial charge in [-0.15, -0.1) is 0 Å². The van der Waals surface area contributed by atoms with Gasteiger partial charge >= 0.3 is 5.97 Å². The summed E-state index contributed by atoms with van der Waals surface area (Å²) >= 11 is 0. The summed E-state index contributed by atoms with van der Waals surface area (Å²) in [7, 11) is 0. The van der Waals surface area contributed by atoms with Crippen LogP contribution in [0.4, 0.5) is 0 Å². The molecule has 4 nitrogen and oxygen atoms in total. The van der Waals surface area contributed by atoms with E-state index in [4.69, 9.17) is 5.11 Å². The number of hydrogen-bond acceptors (Lipinski definition) is 2. The summed E-state index contributed by atoms with van der Waals surface area (Å²) in [5.41, 5.74) is 2.37. The summed E-state index contributed by atoms with van der Waals surface area (Å²) in [5, 5.41) is 9.75. The molecule has 0 aliphatic carbocycles. The third-order valence-corrected chi connectivity index (χ3v) is 3.67. The Morgan fingerprint density at radius 1 is 0.955 bits per heavy atom. The number of carbonyl (C=O) groups excluding carboxylic acids is 1. The molecule has 1 N–H and O–H groups in total. The smallest absolute Gasteiger partial charge is 0.303 e. The molecule has 0 aliphatic heterocycles. The normalized spacial score (nSPS) is 10.7. The summed E-state index contributed by atoms with van der Waals surface area (Å²) in [6.07, 6.45) is 2.28. The lowest BCUT2D eigenvalue weighted by Gasteiger charge is -2.06. The van der Waals surface area contributed by atoms with E-state index in [1.165, 1.54) is 0 Å². The Kier molecular flexibility index (Phi) is 3.74. The van der Waals surface area contributed by atoms with Gasteiger partial charge in [-0.3, -0.25) is 14.2 Å². The number of fused-ring (bicyclic) bond motifs is 1. The van der Waals surface area contributed by atoms with Crippen molar-refractivity contribution in [2.75, 3.05) is 0 Å². The topological polar surface area (TPSA) is 59.3 Å². The van der Waals surface area contributed by atoms with E-state index in [1.54, 1.807) is 22.9 Å². The monoisotopic (exact) mass is 293 g/mol. The molecule has 0 amide bonds. The second kappa shape index (κ2) is 5.85. The Morgan fingerprint density at radius 2 is 1.73 bits per heavy atom. The maximum Gasteiger partial charge on any atom is 0.303 e. The van der Waals surface area contributed by atoms with Crippen molar-refractivity contribution in [1.29, 1.82) is 0 Å². The van der Waals surface area contributed by atoms with Crippen molar-refractivity contribution in [3.8, 4) is 0 Å². The van der Waals surface area contributed by atoms with Crippen LogP contribution in [0, 0.1) is 0 Å². The number of nitrogens with zero attached hydrogens (tertiary/aromatic N) is 1. The number of rotatable bonds is 4. The van der Waals surface area contributed by atoms with Crippen LogP contribution in [0.1, 0.15) is 22.3 Å². The molecular weight excluding hydrogens is 278 g/mol. The number of aromatic nitrogens is 1. The summed E-state index contributed by atoms with van der Waals surface area (Å²) in [5.74, 6) is -0.914. The standard InChI is InChI=1S/C18H15NO3/c20-17(21)10-9-13-7-4-8-16-15(13)11-12-19(16)18(22)14-5-2-1-3-6-14/h1-8,11-12H,9-10H2,(H,20,21). The van der Waals surface area contributed by atoms with Crippen LogP contribution < -0.4 is 0 Å². The molecule has 110 valence electrons. The van der Waals surface area contributed by atoms with Crippen LogP contribution in [0.5, 0.6) is 0 Å². The number of benzene rings is 2. The molecule has 0 radical (unpaired) electrons. The van der Waals surface area contributed by atoms with Crippen molar-refractivity contribution in [2.24, 2.45) is 0 Å². The van der Waals surface area contributed by atoms with Crippen LogP contribution >= 0.6 is 0 Å². The largest absolute Gasteiger partial charge is 0.481 e. The number of aliphatic carboxylic acids is 1. The van der Waals surface area contributed by atoms with Gasteiger partial charge in [0, 0.05) is 23.6 Å². The Bertz CT molecular complexity index is 834. The quantitative estimate of drug-likeness (QED) is 0.802. The molecule has 0 aliphatic rings. The molecular formula is C18H15NO3. The van der Waals surface area contributed by atoms with Gasteiger partial charge in [-0.1, -0.05) is 30.3 Å². The van der Waals surface area contributed by atoms with Crippen molar-refractivity contribution in [2.45, 2.75) is 12.8 Å². The highest BCUT2D eigenvalue weighted by Gasteiger charge is 2.13. The van der Waals surface area contributed by atoms with Crippen LogP contribution in [0.25, 0.3) is 10.9 Å². The van der Waals surface area contributed by atoms with Gasteiger partial charge < -0.3 is 5.11 Å². The zero-order chi connectivity index (χ0) is 15.5. The van der Waals surface area contributed by atoms with E-state index in [-0.39, 0.29) is 12.3 Å². The summed E-state index contributed by atoms with van der Waals surface area (Å²) in [4.78, 5) is 23.3. The average molecular weight is 293 g/mol. The van der Waals surface area contributed by atoms with Crippen LogP contribution in [0.3, 0.4) is 0 Å². The maximum atomic E-state index is 12.6. The van der Waals surface area contributed by atoms with Crippen molar-refractivity contribution < 1.29 is 14.7 Å². The van der Waals surface area contributed by atoms with Gasteiger partial charge in [0.2, 0.25) is 0 Å². The van der Waals surface area contributed by atoms with Crippen LogP contribution in [0.15, 0.2) is 60.8 Å². The summed E-state index contributed by atoms with van der Waals surface area (Å²) in [6.45, 7) is 0. The SMILES string of the molecule is O=C(O)CCc1cccc2c1ccn2C(=O)c1ccccc1. The first-order valence-electron chi connectivity index (χ1n) is 7.07. The van der Waals surface area contributed by atoms with E-state index in [2.05, 4.69) is 0 Å². The van der Waals surface area contributed by atoms with Gasteiger partial charge in [0.15, 0.2) is 0 Å². The Morgan fingerprint density at radius 3 is 2.45 bits per heavy atom. The highest BCUT2D eigenvalue weighted by Crippen LogP contribution is 2.22. The third-order valence-electron chi connectivity index (χ3n) is 3.67. The highest BCUT2D eigenvalue weighted by atomic mass is 16.4. The Balaban J connectivity index is 2.01. The van der Waals surface area contributed by atoms with Crippen molar-refractivity contribution in [3.63, 3.8) is 0 Å². The summed E-state index contributed by atoms with van der Waals surface area (Å²) in [6, 6.07) is 16.6. The predicted octanol–water partition coefficient (Wildman–Crippen LogP) is 3.35. The lowest BCUT2D eigenvalue weighted by molar-refractivity contribution is -0.136. The van der Waals surface area contributed by atoms with E-state index in [1.807, 2.05) is 42.5 Å². The minimum Gasteiger partial charge on any atom is -0.481 e. The lowest BCUT2D eigenvalue weighted by Crippen LogP contribution is -2.10. The minimum atomic E-state index is -0.822. The molecule has 1 heterocycles. The molecule has 3 rings (SSSR count). The number of carboxylic acid groups (broad SMARTS) is 1. The van der Waals surface area contributed by atoms with Gasteiger partial charge in [-0.05, 0) is 36.2 Å². The van der Waals surface area contributed by atoms with Gasteiger partial charge in [0.25, 0.3) is 5.91 Å². The average Bonchev–Trinajstić information content (AvgIpc) is 2.97. The molecule has 0 atom stereocenters. The van der Waals surface area contributed by atoms with E-state index >= 15 is 0 Å². The second-order valence-corrected chi connectivity index (χ2v) is 5.10. The summed E-state index contributed by atoms with van der Waals surface area (Å²) < 4.78 is 1.61. The predicted molar refractivity (Wildman–Crippen MR) is 84.1 cm³/mol. The van der Waals surface area contributed by atoms with Gasteiger partial charge in [-0.25, -0.2) is 0 Å². The molecule has 0 saturated carbocycles. The van der Waals surface area contributed by atoms with Crippen molar-refractivity contribution in [1.82, 2.24) is 4.57 Å². The zero-order valence-electron chi connectivity index (χ0n) is 11.9. The Hall–Kier alpha value is -2.88. The molecule has 22 heavy (non-hydrogen) atoms. The maximum absolute atomic E-state index is 12.6. The van der Waals surface area contributed by atoms with E-state index in [9.17, 15) is 9.59 Å². The molecule has 1 aromatic heterocycles. The first-order valence-corrected chi connectivity index (χ1v) is 7.07. The minimum absolute atomic E-state index is 0.0803. The molecule has 3 aromatic rings. The number of carbonyl (C=O) groups is 2. The van der Waals surface area contributed by atoms with Crippen molar-refractivity contribution >= 4 is 22.8 Å². The molecule has 4 heteroatoms. The van der Waals surface area contributed by atoms with E-state index in [0.717, 1.165) is 16.5 Å². The first-order chi connectivity index (χ1) is 10.7. The fourth-order valence-electron chi connectivity index (χ4n) is 2.59. The molecule has 0 spiro atoms. The lowest BCUT2D eigenvalue weighted by atomic mass is 10.1. The fraction of sp³-hybridized carbons (Fsp3) is 0.111. The molecule has 2 aromatic carbocycles. The second-order valence-electron chi connectivity index (χ2n) is 5.10. The van der Waals surface area contributed by atoms with Gasteiger partial charge in [0.1, 0.15) is 0 Å². The molecule has 0 unspecified atom stereocenters. The van der Waals surface area contributed by atoms with Crippen LogP contribution in [-0.2, 0) is 11.2 Å². The van der Waals surface area contributed by atoms with E-state index in [0.29, 0.717) is 12.0 Å². The fourth-order valence-corrected chi connectivity index (χ4v) is 2.59. The molecule has 0 fully saturated rings. The van der Waals surface area contributed by atoms with Gasteiger partial charge in [0.05, 0.1) is 5.52 Å². The molecule has 0 saturated heterocycles. The number of carboxylic acids is 1. The Labute approximate surface area is 127 Å². The molecule has 0 bridgehead atoms. The van der Waals surface area contributed by atoms with Crippen molar-refractivity contribution in [3.05, 3.63) is 71.9 Å². The van der Waals surface area contributed by atoms with Crippen LogP contribution in [-0.4, -0.2) is 21.6 Å². The zero-order valence-corrected chi connectivity index (χ0v) is 11.9. The number of aryl methyl sites for hydroxylation is 1. The number of hydrogen-bond donors (Lipinski definition) is 1.